The van der Waals surface area contributed by atoms with Crippen LogP contribution in [-0.4, -0.2) is 38.6 Å². The Morgan fingerprint density at radius 1 is 1.13 bits per heavy atom. The highest BCUT2D eigenvalue weighted by Crippen LogP contribution is 2.20. The van der Waals surface area contributed by atoms with Crippen molar-refractivity contribution >= 4 is 5.91 Å². The van der Waals surface area contributed by atoms with Crippen molar-refractivity contribution in [3.05, 3.63) is 65.5 Å². The zero-order valence-electron chi connectivity index (χ0n) is 13.5. The van der Waals surface area contributed by atoms with Crippen molar-refractivity contribution in [2.75, 3.05) is 27.7 Å². The third kappa shape index (κ3) is 4.53. The normalized spacial score (nSPS) is 12.0. The molecule has 1 N–H and O–H groups in total. The summed E-state index contributed by atoms with van der Waals surface area (Å²) in [5, 5.41) is 2.89. The van der Waals surface area contributed by atoms with Crippen LogP contribution >= 0.6 is 0 Å². The van der Waals surface area contributed by atoms with Gasteiger partial charge in [-0.25, -0.2) is 4.39 Å². The second kappa shape index (κ2) is 7.74. The van der Waals surface area contributed by atoms with Crippen molar-refractivity contribution in [1.29, 1.82) is 0 Å². The average Bonchev–Trinajstić information content (AvgIpc) is 2.55. The van der Waals surface area contributed by atoms with Gasteiger partial charge in [-0.3, -0.25) is 4.79 Å². The van der Waals surface area contributed by atoms with E-state index in [1.165, 1.54) is 24.3 Å². The van der Waals surface area contributed by atoms with Crippen molar-refractivity contribution in [2.45, 2.75) is 6.04 Å². The number of nitrogens with zero attached hydrogens (tertiary/aromatic N) is 1. The minimum atomic E-state index is -0.356. The summed E-state index contributed by atoms with van der Waals surface area (Å²) in [6, 6.07) is 13.3. The van der Waals surface area contributed by atoms with Gasteiger partial charge in [0.05, 0.1) is 13.2 Å². The molecule has 0 aliphatic rings. The van der Waals surface area contributed by atoms with Crippen LogP contribution in [0.25, 0.3) is 0 Å². The Balaban J connectivity index is 2.04. The van der Waals surface area contributed by atoms with Crippen molar-refractivity contribution in [1.82, 2.24) is 10.2 Å². The van der Waals surface area contributed by atoms with Gasteiger partial charge in [-0.1, -0.05) is 12.1 Å². The summed E-state index contributed by atoms with van der Waals surface area (Å²) in [5.74, 6) is 0.220. The molecule has 0 fully saturated rings. The summed E-state index contributed by atoms with van der Waals surface area (Å²) in [4.78, 5) is 14.2. The Labute approximate surface area is 135 Å². The Bertz CT molecular complexity index is 639. The average molecular weight is 316 g/mol. The van der Waals surface area contributed by atoms with Gasteiger partial charge < -0.3 is 15.0 Å². The first-order valence-corrected chi connectivity index (χ1v) is 7.35. The van der Waals surface area contributed by atoms with E-state index in [1.807, 2.05) is 43.3 Å². The van der Waals surface area contributed by atoms with Crippen LogP contribution in [-0.2, 0) is 0 Å². The number of likely N-dealkylation sites (N-methyl/N-ethyl adjacent to an activating group) is 1. The van der Waals surface area contributed by atoms with Gasteiger partial charge in [0.1, 0.15) is 11.6 Å². The van der Waals surface area contributed by atoms with E-state index in [-0.39, 0.29) is 17.8 Å². The first-order chi connectivity index (χ1) is 11.0. The lowest BCUT2D eigenvalue weighted by molar-refractivity contribution is 0.0942. The fourth-order valence-corrected chi connectivity index (χ4v) is 2.32. The molecule has 0 aliphatic heterocycles. The number of hydrogen-bond donors (Lipinski definition) is 1. The van der Waals surface area contributed by atoms with Crippen LogP contribution in [0.3, 0.4) is 0 Å². The zero-order chi connectivity index (χ0) is 16.8. The van der Waals surface area contributed by atoms with E-state index in [4.69, 9.17) is 4.74 Å². The van der Waals surface area contributed by atoms with E-state index < -0.39 is 0 Å². The van der Waals surface area contributed by atoms with Crippen LogP contribution in [0.2, 0.25) is 0 Å². The molecular formula is C18H21FN2O2. The first-order valence-electron chi connectivity index (χ1n) is 7.35. The van der Waals surface area contributed by atoms with Crippen LogP contribution in [0.4, 0.5) is 4.39 Å². The number of carbonyl (C=O) groups is 1. The lowest BCUT2D eigenvalue weighted by Gasteiger charge is -2.25. The van der Waals surface area contributed by atoms with Crippen LogP contribution in [0, 0.1) is 5.82 Å². The molecule has 2 rings (SSSR count). The molecule has 23 heavy (non-hydrogen) atoms. The highest BCUT2D eigenvalue weighted by Gasteiger charge is 2.16. The lowest BCUT2D eigenvalue weighted by atomic mass is 10.1. The summed E-state index contributed by atoms with van der Waals surface area (Å²) in [6.45, 7) is 0.454. The van der Waals surface area contributed by atoms with Crippen LogP contribution in [0.1, 0.15) is 22.0 Å². The number of hydrogen-bond acceptors (Lipinski definition) is 3. The number of methoxy groups -OCH3 is 1. The molecule has 0 bridgehead atoms. The second-order valence-electron chi connectivity index (χ2n) is 5.47. The quantitative estimate of drug-likeness (QED) is 0.891. The van der Waals surface area contributed by atoms with Gasteiger partial charge in [0.25, 0.3) is 5.91 Å². The number of carbonyl (C=O) groups excluding carboxylic acids is 1. The summed E-state index contributed by atoms with van der Waals surface area (Å²) >= 11 is 0. The summed E-state index contributed by atoms with van der Waals surface area (Å²) in [5.41, 5.74) is 1.52. The van der Waals surface area contributed by atoms with E-state index in [2.05, 4.69) is 5.32 Å². The zero-order valence-corrected chi connectivity index (χ0v) is 13.5. The smallest absolute Gasteiger partial charge is 0.251 e. The van der Waals surface area contributed by atoms with E-state index in [0.29, 0.717) is 12.1 Å². The maximum absolute atomic E-state index is 12.9. The van der Waals surface area contributed by atoms with Crippen LogP contribution in [0.5, 0.6) is 5.75 Å². The standard InChI is InChI=1S/C18H21FN2O2/c1-21(2)17(13-6-10-16(23-3)11-7-13)12-20-18(22)14-4-8-15(19)9-5-14/h4-11,17H,12H2,1-3H3,(H,20,22). The highest BCUT2D eigenvalue weighted by atomic mass is 19.1. The van der Waals surface area contributed by atoms with Gasteiger partial charge in [0, 0.05) is 12.1 Å². The molecule has 0 saturated carbocycles. The lowest BCUT2D eigenvalue weighted by Crippen LogP contribution is -2.34. The molecule has 4 nitrogen and oxygen atoms in total. The number of ether oxygens (including phenoxy) is 1. The number of benzene rings is 2. The second-order valence-corrected chi connectivity index (χ2v) is 5.47. The predicted octanol–water partition coefficient (Wildman–Crippen LogP) is 2.87. The number of halogens is 1. The minimum absolute atomic E-state index is 0.0327. The Morgan fingerprint density at radius 3 is 2.26 bits per heavy atom. The van der Waals surface area contributed by atoms with E-state index in [0.717, 1.165) is 11.3 Å². The summed E-state index contributed by atoms with van der Waals surface area (Å²) < 4.78 is 18.1. The summed E-state index contributed by atoms with van der Waals surface area (Å²) in [6.07, 6.45) is 0. The Hall–Kier alpha value is -2.40. The molecule has 0 aliphatic carbocycles. The van der Waals surface area contributed by atoms with Crippen molar-refractivity contribution in [2.24, 2.45) is 0 Å². The molecule has 2 aromatic rings. The third-order valence-corrected chi connectivity index (χ3v) is 3.69. The molecule has 0 radical (unpaired) electrons. The fraction of sp³-hybridized carbons (Fsp3) is 0.278. The molecule has 1 unspecified atom stereocenters. The van der Waals surface area contributed by atoms with Crippen LogP contribution < -0.4 is 10.1 Å². The number of rotatable bonds is 6. The van der Waals surface area contributed by atoms with Gasteiger partial charge in [0.2, 0.25) is 0 Å². The highest BCUT2D eigenvalue weighted by molar-refractivity contribution is 5.94. The molecule has 1 amide bonds. The predicted molar refractivity (Wildman–Crippen MR) is 88.2 cm³/mol. The van der Waals surface area contributed by atoms with E-state index in [1.54, 1.807) is 7.11 Å². The molecule has 5 heteroatoms. The van der Waals surface area contributed by atoms with E-state index >= 15 is 0 Å². The van der Waals surface area contributed by atoms with Crippen LogP contribution in [0.15, 0.2) is 48.5 Å². The van der Waals surface area contributed by atoms with Gasteiger partial charge in [-0.15, -0.1) is 0 Å². The number of amides is 1. The summed E-state index contributed by atoms with van der Waals surface area (Å²) in [7, 11) is 5.54. The molecule has 0 aromatic heterocycles. The maximum atomic E-state index is 12.9. The van der Waals surface area contributed by atoms with E-state index in [9.17, 15) is 9.18 Å². The third-order valence-electron chi connectivity index (χ3n) is 3.69. The van der Waals surface area contributed by atoms with Gasteiger partial charge >= 0.3 is 0 Å². The molecule has 2 aromatic carbocycles. The largest absolute Gasteiger partial charge is 0.497 e. The maximum Gasteiger partial charge on any atom is 0.251 e. The Kier molecular flexibility index (Phi) is 5.71. The van der Waals surface area contributed by atoms with Crippen molar-refractivity contribution in [3.8, 4) is 5.75 Å². The topological polar surface area (TPSA) is 41.6 Å². The molecule has 0 saturated heterocycles. The SMILES string of the molecule is COc1ccc(C(CNC(=O)c2ccc(F)cc2)N(C)C)cc1. The van der Waals surface area contributed by atoms with Gasteiger partial charge in [-0.05, 0) is 56.1 Å². The molecular weight excluding hydrogens is 295 g/mol. The van der Waals surface area contributed by atoms with Crippen molar-refractivity contribution < 1.29 is 13.9 Å². The molecule has 0 spiro atoms. The number of nitrogens with one attached hydrogen (secondary N) is 1. The minimum Gasteiger partial charge on any atom is -0.497 e. The fourth-order valence-electron chi connectivity index (χ4n) is 2.32. The van der Waals surface area contributed by atoms with Crippen molar-refractivity contribution in [3.63, 3.8) is 0 Å². The molecule has 122 valence electrons. The first kappa shape index (κ1) is 17.0. The van der Waals surface area contributed by atoms with Gasteiger partial charge in [0.15, 0.2) is 0 Å². The molecule has 1 atom stereocenters. The van der Waals surface area contributed by atoms with Gasteiger partial charge in [-0.2, -0.15) is 0 Å². The molecule has 0 heterocycles. The Morgan fingerprint density at radius 2 is 1.74 bits per heavy atom. The monoisotopic (exact) mass is 316 g/mol.